The van der Waals surface area contributed by atoms with E-state index in [1.165, 1.54) is 0 Å². The van der Waals surface area contributed by atoms with Gasteiger partial charge in [-0.1, -0.05) is 60.7 Å². The van der Waals surface area contributed by atoms with Gasteiger partial charge in [-0.25, -0.2) is 0 Å². The Hall–Kier alpha value is -3.62. The summed E-state index contributed by atoms with van der Waals surface area (Å²) in [6, 6.07) is 23.7. The van der Waals surface area contributed by atoms with Gasteiger partial charge in [0.15, 0.2) is 0 Å². The highest BCUT2D eigenvalue weighted by Gasteiger charge is 2.18. The molecule has 1 amide bonds. The molecule has 1 aliphatic rings. The minimum Gasteiger partial charge on any atom is -0.488 e. The lowest BCUT2D eigenvalue weighted by Crippen LogP contribution is -2.32. The molecule has 0 bridgehead atoms. The molecule has 0 spiro atoms. The van der Waals surface area contributed by atoms with Crippen molar-refractivity contribution >= 4 is 22.8 Å². The van der Waals surface area contributed by atoms with E-state index < -0.39 is 5.91 Å². The van der Waals surface area contributed by atoms with E-state index in [2.05, 4.69) is 5.32 Å². The molecule has 0 aliphatic carbocycles. The van der Waals surface area contributed by atoms with E-state index in [4.69, 9.17) is 9.47 Å². The Morgan fingerprint density at radius 3 is 2.71 bits per heavy atom. The smallest absolute Gasteiger partial charge is 0.262 e. The summed E-state index contributed by atoms with van der Waals surface area (Å²) in [5.41, 5.74) is 1.80. The molecule has 5 nitrogen and oxygen atoms in total. The van der Waals surface area contributed by atoms with Crippen LogP contribution in [0.15, 0.2) is 72.3 Å². The molecule has 156 valence electrons. The van der Waals surface area contributed by atoms with Crippen molar-refractivity contribution in [2.45, 2.75) is 25.6 Å². The number of ether oxygens (including phenoxy) is 2. The third kappa shape index (κ3) is 5.11. The van der Waals surface area contributed by atoms with Gasteiger partial charge >= 0.3 is 0 Å². The number of nitriles is 1. The molecule has 4 rings (SSSR count). The Kier molecular flexibility index (Phi) is 6.61. The Morgan fingerprint density at radius 2 is 1.94 bits per heavy atom. The van der Waals surface area contributed by atoms with Crippen molar-refractivity contribution < 1.29 is 14.3 Å². The SMILES string of the molecule is N#C/C(=C\c1c(OCc2ccccc2)ccc2ccccc12)C(=O)NC[C@@H]1CCCO1. The van der Waals surface area contributed by atoms with E-state index in [1.807, 2.05) is 72.8 Å². The number of carbonyl (C=O) groups is 1. The van der Waals surface area contributed by atoms with Crippen molar-refractivity contribution in [2.75, 3.05) is 13.2 Å². The lowest BCUT2D eigenvalue weighted by Gasteiger charge is -2.13. The third-order valence-electron chi connectivity index (χ3n) is 5.34. The second-order valence-corrected chi connectivity index (χ2v) is 7.49. The molecule has 3 aromatic carbocycles. The molecule has 1 saturated heterocycles. The summed E-state index contributed by atoms with van der Waals surface area (Å²) in [4.78, 5) is 12.7. The third-order valence-corrected chi connectivity index (χ3v) is 5.34. The van der Waals surface area contributed by atoms with E-state index in [1.54, 1.807) is 6.08 Å². The fourth-order valence-corrected chi connectivity index (χ4v) is 3.69. The summed E-state index contributed by atoms with van der Waals surface area (Å²) < 4.78 is 11.6. The first-order valence-electron chi connectivity index (χ1n) is 10.4. The fourth-order valence-electron chi connectivity index (χ4n) is 3.69. The largest absolute Gasteiger partial charge is 0.488 e. The topological polar surface area (TPSA) is 71.3 Å². The van der Waals surface area contributed by atoms with Gasteiger partial charge < -0.3 is 14.8 Å². The summed E-state index contributed by atoms with van der Waals surface area (Å²) in [6.45, 7) is 1.53. The van der Waals surface area contributed by atoms with Crippen LogP contribution in [0, 0.1) is 11.3 Å². The molecule has 1 atom stereocenters. The fraction of sp³-hybridized carbons (Fsp3) is 0.231. The maximum Gasteiger partial charge on any atom is 0.262 e. The van der Waals surface area contributed by atoms with Crippen molar-refractivity contribution in [2.24, 2.45) is 0 Å². The summed E-state index contributed by atoms with van der Waals surface area (Å²) in [5.74, 6) is 0.224. The van der Waals surface area contributed by atoms with Crippen molar-refractivity contribution in [3.63, 3.8) is 0 Å². The summed E-state index contributed by atoms with van der Waals surface area (Å²) in [7, 11) is 0. The maximum absolute atomic E-state index is 12.7. The first kappa shape index (κ1) is 20.6. The molecule has 0 saturated carbocycles. The Labute approximate surface area is 181 Å². The van der Waals surface area contributed by atoms with Crippen molar-refractivity contribution in [1.29, 1.82) is 5.26 Å². The first-order valence-corrected chi connectivity index (χ1v) is 10.4. The molecule has 5 heteroatoms. The van der Waals surface area contributed by atoms with E-state index in [9.17, 15) is 10.1 Å². The lowest BCUT2D eigenvalue weighted by atomic mass is 10.0. The molecule has 31 heavy (non-hydrogen) atoms. The van der Waals surface area contributed by atoms with Gasteiger partial charge in [0, 0.05) is 18.7 Å². The number of benzene rings is 3. The molecule has 1 heterocycles. The number of fused-ring (bicyclic) bond motifs is 1. The van der Waals surface area contributed by atoms with Crippen molar-refractivity contribution in [1.82, 2.24) is 5.32 Å². The van der Waals surface area contributed by atoms with Crippen LogP contribution < -0.4 is 10.1 Å². The molecule has 3 aromatic rings. The predicted molar refractivity (Wildman–Crippen MR) is 120 cm³/mol. The van der Waals surface area contributed by atoms with Gasteiger partial charge in [-0.3, -0.25) is 4.79 Å². The average Bonchev–Trinajstić information content (AvgIpc) is 3.34. The molecule has 1 N–H and O–H groups in total. The van der Waals surface area contributed by atoms with Crippen LogP contribution in [0.5, 0.6) is 5.75 Å². The predicted octanol–water partition coefficient (Wildman–Crippen LogP) is 4.62. The van der Waals surface area contributed by atoms with Crippen LogP contribution in [0.2, 0.25) is 0 Å². The van der Waals surface area contributed by atoms with Crippen LogP contribution in [0.1, 0.15) is 24.0 Å². The zero-order valence-corrected chi connectivity index (χ0v) is 17.2. The normalized spacial score (nSPS) is 16.1. The standard InChI is InChI=1S/C26H24N2O3/c27-16-21(26(29)28-17-22-10-6-14-30-22)15-24-23-11-5-4-9-20(23)12-13-25(24)31-18-19-7-2-1-3-8-19/h1-5,7-9,11-13,15,22H,6,10,14,17-18H2,(H,28,29)/b21-15+/t22-/m0/s1. The molecule has 0 aromatic heterocycles. The van der Waals surface area contributed by atoms with E-state index in [0.717, 1.165) is 41.3 Å². The lowest BCUT2D eigenvalue weighted by molar-refractivity contribution is -0.117. The Bertz CT molecular complexity index is 1130. The number of rotatable bonds is 7. The molecule has 0 radical (unpaired) electrons. The molecule has 1 aliphatic heterocycles. The van der Waals surface area contributed by atoms with Crippen LogP contribution in [0.25, 0.3) is 16.8 Å². The Balaban J connectivity index is 1.62. The van der Waals surface area contributed by atoms with Gasteiger partial charge in [0.05, 0.1) is 6.10 Å². The van der Waals surface area contributed by atoms with E-state index in [-0.39, 0.29) is 11.7 Å². The van der Waals surface area contributed by atoms with Crippen molar-refractivity contribution in [3.05, 3.63) is 83.4 Å². The van der Waals surface area contributed by atoms with Gasteiger partial charge in [-0.2, -0.15) is 5.26 Å². The Morgan fingerprint density at radius 1 is 1.13 bits per heavy atom. The van der Waals surface area contributed by atoms with Crippen LogP contribution in [0.4, 0.5) is 0 Å². The second kappa shape index (κ2) is 9.92. The minimum atomic E-state index is -0.403. The van der Waals surface area contributed by atoms with Gasteiger partial charge in [-0.05, 0) is 41.3 Å². The number of carbonyl (C=O) groups excluding carboxylic acids is 1. The quantitative estimate of drug-likeness (QED) is 0.454. The van der Waals surface area contributed by atoms with E-state index in [0.29, 0.717) is 18.9 Å². The van der Waals surface area contributed by atoms with Gasteiger partial charge in [0.2, 0.25) is 0 Å². The second-order valence-electron chi connectivity index (χ2n) is 7.49. The van der Waals surface area contributed by atoms with Gasteiger partial charge in [0.25, 0.3) is 5.91 Å². The van der Waals surface area contributed by atoms with Gasteiger partial charge in [-0.15, -0.1) is 0 Å². The number of nitrogens with one attached hydrogen (secondary N) is 1. The maximum atomic E-state index is 12.7. The van der Waals surface area contributed by atoms with E-state index >= 15 is 0 Å². The summed E-state index contributed by atoms with van der Waals surface area (Å²) in [6.07, 6.45) is 3.56. The monoisotopic (exact) mass is 412 g/mol. The van der Waals surface area contributed by atoms with Crippen molar-refractivity contribution in [3.8, 4) is 11.8 Å². The zero-order valence-electron chi connectivity index (χ0n) is 17.2. The summed E-state index contributed by atoms with van der Waals surface area (Å²) >= 11 is 0. The van der Waals surface area contributed by atoms with Crippen LogP contribution in [-0.2, 0) is 16.1 Å². The van der Waals surface area contributed by atoms with Crippen LogP contribution >= 0.6 is 0 Å². The van der Waals surface area contributed by atoms with Gasteiger partial charge in [0.1, 0.15) is 24.0 Å². The molecule has 0 unspecified atom stereocenters. The highest BCUT2D eigenvalue weighted by Crippen LogP contribution is 2.31. The molecular formula is C26H24N2O3. The molecular weight excluding hydrogens is 388 g/mol. The zero-order chi connectivity index (χ0) is 21.5. The number of nitrogens with zero attached hydrogens (tertiary/aromatic N) is 1. The highest BCUT2D eigenvalue weighted by molar-refractivity contribution is 6.05. The molecule has 1 fully saturated rings. The van der Waals surface area contributed by atoms with Crippen LogP contribution in [-0.4, -0.2) is 25.2 Å². The first-order chi connectivity index (χ1) is 15.2. The highest BCUT2D eigenvalue weighted by atomic mass is 16.5. The number of hydrogen-bond donors (Lipinski definition) is 1. The minimum absolute atomic E-state index is 0.0196. The average molecular weight is 412 g/mol. The summed E-state index contributed by atoms with van der Waals surface area (Å²) in [5, 5.41) is 14.4. The number of amides is 1. The van der Waals surface area contributed by atoms with Crippen LogP contribution in [0.3, 0.4) is 0 Å². The number of hydrogen-bond acceptors (Lipinski definition) is 4.